The van der Waals surface area contributed by atoms with Crippen molar-refractivity contribution in [1.82, 2.24) is 4.90 Å². The molecule has 1 amide bonds. The van der Waals surface area contributed by atoms with E-state index in [2.05, 4.69) is 0 Å². The van der Waals surface area contributed by atoms with Gasteiger partial charge in [0.1, 0.15) is 6.61 Å². The first-order chi connectivity index (χ1) is 8.71. The number of amides is 1. The molecule has 4 nitrogen and oxygen atoms in total. The van der Waals surface area contributed by atoms with E-state index < -0.39 is 0 Å². The summed E-state index contributed by atoms with van der Waals surface area (Å²) in [6.45, 7) is 1.58. The molecule has 1 heterocycles. The van der Waals surface area contributed by atoms with Crippen molar-refractivity contribution < 1.29 is 14.6 Å². The van der Waals surface area contributed by atoms with E-state index in [1.165, 1.54) is 25.7 Å². The summed E-state index contributed by atoms with van der Waals surface area (Å²) in [7, 11) is 0. The second-order valence-electron chi connectivity index (χ2n) is 6.15. The van der Waals surface area contributed by atoms with E-state index in [0.717, 1.165) is 19.3 Å². The maximum atomic E-state index is 12.1. The summed E-state index contributed by atoms with van der Waals surface area (Å²) < 4.78 is 5.23. The zero-order chi connectivity index (χ0) is 12.6. The topological polar surface area (TPSA) is 49.8 Å². The maximum Gasteiger partial charge on any atom is 0.248 e. The van der Waals surface area contributed by atoms with E-state index in [1.54, 1.807) is 0 Å². The van der Waals surface area contributed by atoms with E-state index in [-0.39, 0.29) is 24.7 Å². The number of rotatable bonds is 1. The van der Waals surface area contributed by atoms with Crippen molar-refractivity contribution in [2.45, 2.75) is 57.1 Å². The minimum Gasteiger partial charge on any atom is -0.393 e. The van der Waals surface area contributed by atoms with Gasteiger partial charge in [0.05, 0.1) is 12.7 Å². The van der Waals surface area contributed by atoms with Gasteiger partial charge in [-0.15, -0.1) is 0 Å². The monoisotopic (exact) mass is 253 g/mol. The minimum absolute atomic E-state index is 0.117. The Balaban J connectivity index is 1.82. The summed E-state index contributed by atoms with van der Waals surface area (Å²) in [5.74, 6) is 0.117. The zero-order valence-corrected chi connectivity index (χ0v) is 10.9. The fraction of sp³-hybridized carbons (Fsp3) is 0.929. The van der Waals surface area contributed by atoms with Gasteiger partial charge in [-0.05, 0) is 37.5 Å². The Labute approximate surface area is 108 Å². The molecular weight excluding hydrogens is 230 g/mol. The first-order valence-electron chi connectivity index (χ1n) is 7.27. The molecule has 2 aliphatic carbocycles. The molecule has 0 bridgehead atoms. The highest BCUT2D eigenvalue weighted by molar-refractivity contribution is 5.78. The van der Waals surface area contributed by atoms with Crippen molar-refractivity contribution in [2.75, 3.05) is 19.8 Å². The lowest BCUT2D eigenvalue weighted by Gasteiger charge is -2.49. The highest BCUT2D eigenvalue weighted by Crippen LogP contribution is 2.51. The highest BCUT2D eigenvalue weighted by atomic mass is 16.5. The van der Waals surface area contributed by atoms with Gasteiger partial charge in [0.2, 0.25) is 5.91 Å². The number of morpholine rings is 1. The van der Waals surface area contributed by atoms with E-state index >= 15 is 0 Å². The first-order valence-corrected chi connectivity index (χ1v) is 7.27. The third-order valence-corrected chi connectivity index (χ3v) is 5.18. The molecule has 1 saturated heterocycles. The Morgan fingerprint density at radius 1 is 1.28 bits per heavy atom. The summed E-state index contributed by atoms with van der Waals surface area (Å²) in [4.78, 5) is 14.1. The summed E-state index contributed by atoms with van der Waals surface area (Å²) in [6, 6.07) is 0.250. The number of nitrogens with zero attached hydrogens (tertiary/aromatic N) is 1. The summed E-state index contributed by atoms with van der Waals surface area (Å²) in [5.41, 5.74) is 0.298. The lowest BCUT2D eigenvalue weighted by molar-refractivity contribution is -0.153. The van der Waals surface area contributed by atoms with Gasteiger partial charge in [0.15, 0.2) is 0 Å². The predicted octanol–water partition coefficient (Wildman–Crippen LogP) is 1.32. The van der Waals surface area contributed by atoms with Gasteiger partial charge < -0.3 is 14.7 Å². The SMILES string of the molecule is O=C1COCCN1C1CC(O)CCC12CCCC2. The number of aliphatic hydroxyl groups excluding tert-OH is 1. The molecule has 0 aromatic rings. The third-order valence-electron chi connectivity index (χ3n) is 5.18. The quantitative estimate of drug-likeness (QED) is 0.766. The molecule has 2 unspecified atom stereocenters. The van der Waals surface area contributed by atoms with Gasteiger partial charge in [0, 0.05) is 12.6 Å². The normalized spacial score (nSPS) is 36.3. The van der Waals surface area contributed by atoms with Crippen LogP contribution in [-0.4, -0.2) is 47.8 Å². The Hall–Kier alpha value is -0.610. The van der Waals surface area contributed by atoms with Crippen molar-refractivity contribution >= 4 is 5.91 Å². The van der Waals surface area contributed by atoms with Crippen LogP contribution in [0.4, 0.5) is 0 Å². The molecule has 0 aromatic heterocycles. The van der Waals surface area contributed by atoms with Crippen LogP contribution in [0.2, 0.25) is 0 Å². The maximum absolute atomic E-state index is 12.1. The Morgan fingerprint density at radius 3 is 2.78 bits per heavy atom. The van der Waals surface area contributed by atoms with Gasteiger partial charge in [0.25, 0.3) is 0 Å². The molecule has 0 aromatic carbocycles. The molecule has 3 fully saturated rings. The van der Waals surface area contributed by atoms with Crippen LogP contribution in [0.15, 0.2) is 0 Å². The predicted molar refractivity (Wildman–Crippen MR) is 67.1 cm³/mol. The Bertz CT molecular complexity index is 325. The van der Waals surface area contributed by atoms with Gasteiger partial charge in [-0.25, -0.2) is 0 Å². The second kappa shape index (κ2) is 4.82. The van der Waals surface area contributed by atoms with Crippen LogP contribution in [0.1, 0.15) is 44.9 Å². The van der Waals surface area contributed by atoms with Crippen LogP contribution >= 0.6 is 0 Å². The molecule has 2 saturated carbocycles. The van der Waals surface area contributed by atoms with Gasteiger partial charge >= 0.3 is 0 Å². The van der Waals surface area contributed by atoms with Crippen LogP contribution in [0.5, 0.6) is 0 Å². The van der Waals surface area contributed by atoms with E-state index in [9.17, 15) is 9.90 Å². The fourth-order valence-corrected chi connectivity index (χ4v) is 4.23. The van der Waals surface area contributed by atoms with E-state index in [1.807, 2.05) is 4.90 Å². The Morgan fingerprint density at radius 2 is 2.06 bits per heavy atom. The molecule has 1 spiro atoms. The number of carbonyl (C=O) groups excluding carboxylic acids is 1. The largest absolute Gasteiger partial charge is 0.393 e. The molecule has 102 valence electrons. The smallest absolute Gasteiger partial charge is 0.248 e. The standard InChI is InChI=1S/C14H23NO3/c16-11-3-6-14(4-1-2-5-14)12(9-11)15-7-8-18-10-13(15)17/h11-12,16H,1-10H2. The first kappa shape index (κ1) is 12.4. The lowest BCUT2D eigenvalue weighted by Crippen LogP contribution is -2.57. The summed E-state index contributed by atoms with van der Waals surface area (Å²) in [5, 5.41) is 9.97. The number of ether oxygens (including phenoxy) is 1. The average Bonchev–Trinajstić information content (AvgIpc) is 2.83. The highest BCUT2D eigenvalue weighted by Gasteiger charge is 2.48. The van der Waals surface area contributed by atoms with E-state index in [0.29, 0.717) is 18.6 Å². The molecule has 1 aliphatic heterocycles. The average molecular weight is 253 g/mol. The third kappa shape index (κ3) is 2.05. The summed E-state index contributed by atoms with van der Waals surface area (Å²) in [6.07, 6.45) is 7.57. The molecule has 3 aliphatic rings. The van der Waals surface area contributed by atoms with Crippen molar-refractivity contribution in [2.24, 2.45) is 5.41 Å². The molecule has 2 atom stereocenters. The Kier molecular flexibility index (Phi) is 3.32. The van der Waals surface area contributed by atoms with Gasteiger partial charge in [-0.2, -0.15) is 0 Å². The van der Waals surface area contributed by atoms with Crippen molar-refractivity contribution in [3.8, 4) is 0 Å². The number of carbonyl (C=O) groups is 1. The van der Waals surface area contributed by atoms with Crippen molar-refractivity contribution in [1.29, 1.82) is 0 Å². The van der Waals surface area contributed by atoms with Crippen LogP contribution in [-0.2, 0) is 9.53 Å². The van der Waals surface area contributed by atoms with Crippen LogP contribution in [0.3, 0.4) is 0 Å². The van der Waals surface area contributed by atoms with Crippen LogP contribution in [0, 0.1) is 5.41 Å². The van der Waals surface area contributed by atoms with Gasteiger partial charge in [-0.1, -0.05) is 12.8 Å². The van der Waals surface area contributed by atoms with Crippen molar-refractivity contribution in [3.05, 3.63) is 0 Å². The number of aliphatic hydroxyl groups is 1. The van der Waals surface area contributed by atoms with E-state index in [4.69, 9.17) is 4.74 Å². The minimum atomic E-state index is -0.225. The number of hydrogen-bond donors (Lipinski definition) is 1. The van der Waals surface area contributed by atoms with Crippen LogP contribution in [0.25, 0.3) is 0 Å². The molecular formula is C14H23NO3. The lowest BCUT2D eigenvalue weighted by atomic mass is 9.67. The molecule has 3 rings (SSSR count). The molecule has 18 heavy (non-hydrogen) atoms. The number of hydrogen-bond acceptors (Lipinski definition) is 3. The zero-order valence-electron chi connectivity index (χ0n) is 10.9. The van der Waals surface area contributed by atoms with Gasteiger partial charge in [-0.3, -0.25) is 4.79 Å². The summed E-state index contributed by atoms with van der Waals surface area (Å²) >= 11 is 0. The molecule has 4 heteroatoms. The van der Waals surface area contributed by atoms with Crippen LogP contribution < -0.4 is 0 Å². The molecule has 0 radical (unpaired) electrons. The molecule has 1 N–H and O–H groups in total. The fourth-order valence-electron chi connectivity index (χ4n) is 4.23. The van der Waals surface area contributed by atoms with Crippen molar-refractivity contribution in [3.63, 3.8) is 0 Å². The second-order valence-corrected chi connectivity index (χ2v) is 6.15.